The van der Waals surface area contributed by atoms with Crippen LogP contribution in [0.15, 0.2) is 22.7 Å². The molecule has 0 unspecified atom stereocenters. The zero-order chi connectivity index (χ0) is 14.5. The Morgan fingerprint density at radius 1 is 1.40 bits per heavy atom. The Bertz CT molecular complexity index is 601. The van der Waals surface area contributed by atoms with Crippen LogP contribution in [0, 0.1) is 0 Å². The normalized spacial score (nSPS) is 10.7. The van der Waals surface area contributed by atoms with E-state index in [4.69, 9.17) is 4.42 Å². The van der Waals surface area contributed by atoms with Crippen molar-refractivity contribution in [2.45, 2.75) is 0 Å². The number of carbonyl (C=O) groups is 2. The summed E-state index contributed by atoms with van der Waals surface area (Å²) in [6.45, 7) is 0. The van der Waals surface area contributed by atoms with Gasteiger partial charge in [-0.25, -0.2) is 9.78 Å². The molecule has 0 aliphatic carbocycles. The third kappa shape index (κ3) is 3.12. The molecule has 0 spiro atoms. The minimum absolute atomic E-state index is 0.136. The predicted octanol–water partition coefficient (Wildman–Crippen LogP) is 2.05. The zero-order valence-corrected chi connectivity index (χ0v) is 11.7. The van der Waals surface area contributed by atoms with E-state index in [2.05, 4.69) is 15.0 Å². The quantitative estimate of drug-likeness (QED) is 0.872. The lowest BCUT2D eigenvalue weighted by Crippen LogP contribution is -2.16. The van der Waals surface area contributed by atoms with E-state index in [1.165, 1.54) is 30.7 Å². The summed E-state index contributed by atoms with van der Waals surface area (Å²) in [5.74, 6) is -0.0617. The van der Waals surface area contributed by atoms with Gasteiger partial charge in [-0.2, -0.15) is 0 Å². The molecule has 0 aromatic carbocycles. The molecule has 2 aromatic rings. The Morgan fingerprint density at radius 2 is 2.20 bits per heavy atom. The Balaban J connectivity index is 2.09. The fraction of sp³-hybridized carbons (Fsp3) is 0.154. The minimum atomic E-state index is -0.527. The zero-order valence-electron chi connectivity index (χ0n) is 10.9. The molecule has 0 radical (unpaired) electrons. The number of aromatic nitrogens is 1. The molecule has 0 fully saturated rings. The molecule has 0 aliphatic heterocycles. The van der Waals surface area contributed by atoms with Crippen molar-refractivity contribution in [2.24, 2.45) is 0 Å². The molecule has 0 atom stereocenters. The third-order valence-electron chi connectivity index (χ3n) is 2.38. The van der Waals surface area contributed by atoms with Crippen LogP contribution in [0.2, 0.25) is 0 Å². The molecule has 2 aromatic heterocycles. The first-order chi connectivity index (χ1) is 9.63. The van der Waals surface area contributed by atoms with Gasteiger partial charge in [0.25, 0.3) is 5.91 Å². The number of hydrogen-bond donors (Lipinski definition) is 1. The van der Waals surface area contributed by atoms with Crippen LogP contribution in [0.25, 0.3) is 12.2 Å². The van der Waals surface area contributed by atoms with E-state index in [0.29, 0.717) is 15.6 Å². The van der Waals surface area contributed by atoms with Gasteiger partial charge in [0.1, 0.15) is 15.6 Å². The van der Waals surface area contributed by atoms with E-state index in [9.17, 15) is 9.59 Å². The number of thiazole rings is 1. The maximum absolute atomic E-state index is 11.4. The highest BCUT2D eigenvalue weighted by Crippen LogP contribution is 2.17. The molecule has 6 nitrogen and oxygen atoms in total. The first kappa shape index (κ1) is 14.0. The van der Waals surface area contributed by atoms with E-state index < -0.39 is 5.97 Å². The highest BCUT2D eigenvalue weighted by Gasteiger charge is 2.10. The standard InChI is InChI=1S/C13H12N2O4S/c1-14-12(16)10-7-15-11(20-10)6-4-8-3-5-9(19-8)13(17)18-2/h3-7H,1-2H3,(H,14,16). The number of carbonyl (C=O) groups excluding carboxylic acids is 2. The lowest BCUT2D eigenvalue weighted by molar-refractivity contribution is 0.0564. The number of furan rings is 1. The molecule has 104 valence electrons. The number of nitrogens with one attached hydrogen (secondary N) is 1. The summed E-state index contributed by atoms with van der Waals surface area (Å²) < 4.78 is 9.81. The van der Waals surface area contributed by atoms with Crippen molar-refractivity contribution >= 4 is 35.4 Å². The van der Waals surface area contributed by atoms with Crippen molar-refractivity contribution in [2.75, 3.05) is 14.2 Å². The second-order valence-electron chi connectivity index (χ2n) is 3.67. The van der Waals surface area contributed by atoms with Gasteiger partial charge in [0, 0.05) is 7.05 Å². The Morgan fingerprint density at radius 3 is 2.90 bits per heavy atom. The lowest BCUT2D eigenvalue weighted by Gasteiger charge is -1.91. The van der Waals surface area contributed by atoms with Crippen molar-refractivity contribution in [1.29, 1.82) is 0 Å². The summed E-state index contributed by atoms with van der Waals surface area (Å²) in [6, 6.07) is 3.18. The van der Waals surface area contributed by atoms with E-state index in [-0.39, 0.29) is 11.7 Å². The summed E-state index contributed by atoms with van der Waals surface area (Å²) in [5, 5.41) is 3.19. The van der Waals surface area contributed by atoms with Gasteiger partial charge in [0.15, 0.2) is 0 Å². The SMILES string of the molecule is CNC(=O)c1cnc(C=Cc2ccc(C(=O)OC)o2)s1. The highest BCUT2D eigenvalue weighted by atomic mass is 32.1. The van der Waals surface area contributed by atoms with Crippen molar-refractivity contribution in [1.82, 2.24) is 10.3 Å². The summed E-state index contributed by atoms with van der Waals surface area (Å²) >= 11 is 1.26. The molecule has 1 N–H and O–H groups in total. The lowest BCUT2D eigenvalue weighted by atomic mass is 10.4. The first-order valence-corrected chi connectivity index (χ1v) is 6.50. The second-order valence-corrected chi connectivity index (χ2v) is 4.73. The molecule has 1 amide bonds. The molecular weight excluding hydrogens is 280 g/mol. The predicted molar refractivity (Wildman–Crippen MR) is 74.5 cm³/mol. The van der Waals surface area contributed by atoms with Crippen LogP contribution in [0.3, 0.4) is 0 Å². The molecule has 0 saturated heterocycles. The van der Waals surface area contributed by atoms with Crippen LogP contribution in [-0.4, -0.2) is 31.0 Å². The molecule has 7 heteroatoms. The third-order valence-corrected chi connectivity index (χ3v) is 3.34. The second kappa shape index (κ2) is 6.16. The van der Waals surface area contributed by atoms with Crippen molar-refractivity contribution in [3.05, 3.63) is 39.7 Å². The molecule has 20 heavy (non-hydrogen) atoms. The van der Waals surface area contributed by atoms with Crippen molar-refractivity contribution in [3.8, 4) is 0 Å². The number of rotatable bonds is 4. The van der Waals surface area contributed by atoms with Crippen LogP contribution in [0.1, 0.15) is 31.0 Å². The summed E-state index contributed by atoms with van der Waals surface area (Å²) in [7, 11) is 2.85. The van der Waals surface area contributed by atoms with Crippen LogP contribution < -0.4 is 5.32 Å². The van der Waals surface area contributed by atoms with Crippen LogP contribution in [0.5, 0.6) is 0 Å². The van der Waals surface area contributed by atoms with Gasteiger partial charge in [-0.15, -0.1) is 11.3 Å². The van der Waals surface area contributed by atoms with Gasteiger partial charge >= 0.3 is 5.97 Å². The fourth-order valence-corrected chi connectivity index (χ4v) is 2.17. The topological polar surface area (TPSA) is 81.4 Å². The van der Waals surface area contributed by atoms with Gasteiger partial charge in [0.05, 0.1) is 13.3 Å². The monoisotopic (exact) mass is 292 g/mol. The number of ether oxygens (including phenoxy) is 1. The minimum Gasteiger partial charge on any atom is -0.463 e. The number of nitrogens with zero attached hydrogens (tertiary/aromatic N) is 1. The summed E-state index contributed by atoms with van der Waals surface area (Å²) in [4.78, 5) is 27.2. The Labute approximate surface area is 119 Å². The van der Waals surface area contributed by atoms with Gasteiger partial charge in [0.2, 0.25) is 5.76 Å². The molecule has 2 heterocycles. The number of amides is 1. The maximum Gasteiger partial charge on any atom is 0.373 e. The molecule has 0 saturated carbocycles. The number of hydrogen-bond acceptors (Lipinski definition) is 6. The van der Waals surface area contributed by atoms with Crippen LogP contribution in [0.4, 0.5) is 0 Å². The highest BCUT2D eigenvalue weighted by molar-refractivity contribution is 7.14. The summed E-state index contributed by atoms with van der Waals surface area (Å²) in [5.41, 5.74) is 0. The van der Waals surface area contributed by atoms with E-state index >= 15 is 0 Å². The molecule has 2 rings (SSSR count). The van der Waals surface area contributed by atoms with Gasteiger partial charge in [-0.1, -0.05) is 0 Å². The Hall–Kier alpha value is -2.41. The smallest absolute Gasteiger partial charge is 0.373 e. The van der Waals surface area contributed by atoms with Crippen molar-refractivity contribution in [3.63, 3.8) is 0 Å². The largest absolute Gasteiger partial charge is 0.463 e. The average Bonchev–Trinajstić information content (AvgIpc) is 3.12. The molecule has 0 bridgehead atoms. The van der Waals surface area contributed by atoms with Gasteiger partial charge in [-0.05, 0) is 24.3 Å². The van der Waals surface area contributed by atoms with Crippen LogP contribution in [-0.2, 0) is 4.74 Å². The van der Waals surface area contributed by atoms with E-state index in [1.807, 2.05) is 0 Å². The molecule has 0 aliphatic rings. The van der Waals surface area contributed by atoms with Gasteiger partial charge in [-0.3, -0.25) is 4.79 Å². The molecular formula is C13H12N2O4S. The van der Waals surface area contributed by atoms with Crippen molar-refractivity contribution < 1.29 is 18.7 Å². The first-order valence-electron chi connectivity index (χ1n) is 5.68. The maximum atomic E-state index is 11.4. The summed E-state index contributed by atoms with van der Waals surface area (Å²) in [6.07, 6.45) is 4.88. The van der Waals surface area contributed by atoms with Gasteiger partial charge < -0.3 is 14.5 Å². The van der Waals surface area contributed by atoms with Crippen LogP contribution >= 0.6 is 11.3 Å². The van der Waals surface area contributed by atoms with E-state index in [1.54, 1.807) is 25.3 Å². The Kier molecular flexibility index (Phi) is 4.31. The average molecular weight is 292 g/mol. The number of methoxy groups -OCH3 is 1. The van der Waals surface area contributed by atoms with E-state index in [0.717, 1.165) is 0 Å². The fourth-order valence-electron chi connectivity index (χ4n) is 1.40. The number of esters is 1.